The molecular formula is C22H30N4O4. The number of nitrogens with zero attached hydrogens (tertiary/aromatic N) is 2. The smallest absolute Gasteiger partial charge is 0.337 e. The van der Waals surface area contributed by atoms with Gasteiger partial charge in [0.15, 0.2) is 0 Å². The molecule has 1 unspecified atom stereocenters. The Morgan fingerprint density at radius 2 is 1.80 bits per heavy atom. The molecule has 8 heteroatoms. The number of benzene rings is 1. The zero-order valence-electron chi connectivity index (χ0n) is 17.9. The normalized spacial score (nSPS) is 19.9. The number of carbonyl (C=O) groups is 3. The molecule has 3 rings (SSSR count). The van der Waals surface area contributed by atoms with Crippen LogP contribution in [0.3, 0.4) is 0 Å². The van der Waals surface area contributed by atoms with E-state index in [9.17, 15) is 14.4 Å². The SMILES string of the molecule is CCOC(=O)C1=C(CN2CCN(C(=O)Cc3ccc(C)cc3)CC2)NC(=O)NC1C. The van der Waals surface area contributed by atoms with Crippen molar-refractivity contribution in [3.8, 4) is 0 Å². The second kappa shape index (κ2) is 9.75. The van der Waals surface area contributed by atoms with Gasteiger partial charge in [0.05, 0.1) is 24.6 Å². The maximum Gasteiger partial charge on any atom is 0.337 e. The number of amides is 3. The zero-order chi connectivity index (χ0) is 21.7. The third-order valence-electron chi connectivity index (χ3n) is 5.45. The van der Waals surface area contributed by atoms with Gasteiger partial charge in [0.2, 0.25) is 5.91 Å². The number of nitrogens with one attached hydrogen (secondary N) is 2. The number of esters is 1. The number of hydrogen-bond donors (Lipinski definition) is 2. The fourth-order valence-corrected chi connectivity index (χ4v) is 3.78. The van der Waals surface area contributed by atoms with Gasteiger partial charge in [0.1, 0.15) is 0 Å². The summed E-state index contributed by atoms with van der Waals surface area (Å²) in [7, 11) is 0. The van der Waals surface area contributed by atoms with E-state index in [1.165, 1.54) is 5.56 Å². The second-order valence-corrected chi connectivity index (χ2v) is 7.75. The van der Waals surface area contributed by atoms with Gasteiger partial charge in [-0.3, -0.25) is 9.69 Å². The third kappa shape index (κ3) is 5.38. The molecular weight excluding hydrogens is 384 g/mol. The van der Waals surface area contributed by atoms with Crippen molar-refractivity contribution in [1.82, 2.24) is 20.4 Å². The summed E-state index contributed by atoms with van der Waals surface area (Å²) in [4.78, 5) is 40.9. The Bertz CT molecular complexity index is 826. The first-order chi connectivity index (χ1) is 14.4. The Balaban J connectivity index is 1.59. The summed E-state index contributed by atoms with van der Waals surface area (Å²) in [6.45, 7) is 8.86. The number of urea groups is 1. The van der Waals surface area contributed by atoms with Gasteiger partial charge in [-0.1, -0.05) is 29.8 Å². The molecule has 1 saturated heterocycles. The van der Waals surface area contributed by atoms with E-state index in [1.807, 2.05) is 36.1 Å². The minimum absolute atomic E-state index is 0.119. The van der Waals surface area contributed by atoms with Crippen molar-refractivity contribution >= 4 is 17.9 Å². The minimum Gasteiger partial charge on any atom is -0.463 e. The summed E-state index contributed by atoms with van der Waals surface area (Å²) in [6, 6.07) is 7.29. The van der Waals surface area contributed by atoms with Crippen LogP contribution in [0.15, 0.2) is 35.5 Å². The molecule has 0 radical (unpaired) electrons. The van der Waals surface area contributed by atoms with Gasteiger partial charge in [-0.2, -0.15) is 0 Å². The largest absolute Gasteiger partial charge is 0.463 e. The van der Waals surface area contributed by atoms with Crippen LogP contribution in [0.4, 0.5) is 4.79 Å². The monoisotopic (exact) mass is 414 g/mol. The van der Waals surface area contributed by atoms with Crippen LogP contribution in [-0.4, -0.2) is 73.1 Å². The molecule has 0 spiro atoms. The lowest BCUT2D eigenvalue weighted by Crippen LogP contribution is -2.54. The van der Waals surface area contributed by atoms with Crippen molar-refractivity contribution in [3.63, 3.8) is 0 Å². The van der Waals surface area contributed by atoms with Crippen molar-refractivity contribution in [2.24, 2.45) is 0 Å². The molecule has 1 fully saturated rings. The lowest BCUT2D eigenvalue weighted by atomic mass is 10.0. The Kier molecular flexibility index (Phi) is 7.10. The van der Waals surface area contributed by atoms with Gasteiger partial charge in [-0.25, -0.2) is 9.59 Å². The first-order valence-electron chi connectivity index (χ1n) is 10.4. The van der Waals surface area contributed by atoms with Crippen LogP contribution in [0.25, 0.3) is 0 Å². The Morgan fingerprint density at radius 3 is 2.43 bits per heavy atom. The fourth-order valence-electron chi connectivity index (χ4n) is 3.78. The van der Waals surface area contributed by atoms with Crippen molar-refractivity contribution in [2.45, 2.75) is 33.2 Å². The topological polar surface area (TPSA) is 91.0 Å². The van der Waals surface area contributed by atoms with Crippen molar-refractivity contribution in [1.29, 1.82) is 0 Å². The van der Waals surface area contributed by atoms with E-state index in [1.54, 1.807) is 13.8 Å². The summed E-state index contributed by atoms with van der Waals surface area (Å²) in [5.74, 6) is -0.298. The van der Waals surface area contributed by atoms with E-state index >= 15 is 0 Å². The fraction of sp³-hybridized carbons (Fsp3) is 0.500. The molecule has 0 aromatic heterocycles. The van der Waals surface area contributed by atoms with Crippen LogP contribution in [-0.2, 0) is 20.7 Å². The standard InChI is InChI=1S/C22H30N4O4/c1-4-30-21(28)20-16(3)23-22(29)24-18(20)14-25-9-11-26(12-10-25)19(27)13-17-7-5-15(2)6-8-17/h5-8,16H,4,9-14H2,1-3H3,(H2,23,24,29). The van der Waals surface area contributed by atoms with E-state index in [-0.39, 0.29) is 18.5 Å². The van der Waals surface area contributed by atoms with Crippen molar-refractivity contribution < 1.29 is 19.1 Å². The third-order valence-corrected chi connectivity index (χ3v) is 5.45. The van der Waals surface area contributed by atoms with E-state index in [2.05, 4.69) is 15.5 Å². The van der Waals surface area contributed by atoms with E-state index in [0.29, 0.717) is 50.4 Å². The number of piperazine rings is 1. The summed E-state index contributed by atoms with van der Waals surface area (Å²) < 4.78 is 5.16. The molecule has 2 N–H and O–H groups in total. The van der Waals surface area contributed by atoms with Crippen molar-refractivity contribution in [2.75, 3.05) is 39.3 Å². The van der Waals surface area contributed by atoms with Gasteiger partial charge < -0.3 is 20.3 Å². The number of aryl methyl sites for hydroxylation is 1. The predicted octanol–water partition coefficient (Wildman–Crippen LogP) is 1.20. The van der Waals surface area contributed by atoms with E-state index in [4.69, 9.17) is 4.74 Å². The Morgan fingerprint density at radius 1 is 1.13 bits per heavy atom. The van der Waals surface area contributed by atoms with Gasteiger partial charge in [0, 0.05) is 38.4 Å². The number of ether oxygens (including phenoxy) is 1. The highest BCUT2D eigenvalue weighted by molar-refractivity contribution is 5.94. The maximum absolute atomic E-state index is 12.6. The molecule has 162 valence electrons. The number of hydrogen-bond acceptors (Lipinski definition) is 5. The van der Waals surface area contributed by atoms with Crippen LogP contribution >= 0.6 is 0 Å². The summed E-state index contributed by atoms with van der Waals surface area (Å²) in [5.41, 5.74) is 3.22. The summed E-state index contributed by atoms with van der Waals surface area (Å²) in [5, 5.41) is 5.47. The molecule has 30 heavy (non-hydrogen) atoms. The molecule has 0 saturated carbocycles. The minimum atomic E-state index is -0.417. The highest BCUT2D eigenvalue weighted by atomic mass is 16.5. The summed E-state index contributed by atoms with van der Waals surface area (Å²) >= 11 is 0. The molecule has 0 aliphatic carbocycles. The highest BCUT2D eigenvalue weighted by Gasteiger charge is 2.31. The van der Waals surface area contributed by atoms with Crippen LogP contribution in [0.2, 0.25) is 0 Å². The molecule has 3 amide bonds. The zero-order valence-corrected chi connectivity index (χ0v) is 17.9. The van der Waals surface area contributed by atoms with Crippen LogP contribution in [0.1, 0.15) is 25.0 Å². The van der Waals surface area contributed by atoms with Gasteiger partial charge in [-0.05, 0) is 26.3 Å². The van der Waals surface area contributed by atoms with Crippen LogP contribution < -0.4 is 10.6 Å². The molecule has 0 bridgehead atoms. The van der Waals surface area contributed by atoms with E-state index in [0.717, 1.165) is 5.56 Å². The van der Waals surface area contributed by atoms with Crippen molar-refractivity contribution in [3.05, 3.63) is 46.7 Å². The van der Waals surface area contributed by atoms with E-state index < -0.39 is 12.0 Å². The predicted molar refractivity (Wildman–Crippen MR) is 113 cm³/mol. The second-order valence-electron chi connectivity index (χ2n) is 7.75. The Labute approximate surface area is 177 Å². The molecule has 1 atom stereocenters. The van der Waals surface area contributed by atoms with Crippen LogP contribution in [0, 0.1) is 6.92 Å². The quantitative estimate of drug-likeness (QED) is 0.683. The summed E-state index contributed by atoms with van der Waals surface area (Å²) in [6.07, 6.45) is 0.400. The molecule has 1 aromatic carbocycles. The Hall–Kier alpha value is -2.87. The highest BCUT2D eigenvalue weighted by Crippen LogP contribution is 2.17. The van der Waals surface area contributed by atoms with Crippen LogP contribution in [0.5, 0.6) is 0 Å². The average Bonchev–Trinajstić information content (AvgIpc) is 2.70. The molecule has 8 nitrogen and oxygen atoms in total. The lowest BCUT2D eigenvalue weighted by molar-refractivity contribution is -0.139. The first-order valence-corrected chi connectivity index (χ1v) is 10.4. The van der Waals surface area contributed by atoms with Gasteiger partial charge >= 0.3 is 12.0 Å². The lowest BCUT2D eigenvalue weighted by Gasteiger charge is -2.36. The number of rotatable bonds is 6. The molecule has 2 aliphatic heterocycles. The average molecular weight is 415 g/mol. The molecule has 1 aromatic rings. The molecule has 2 aliphatic rings. The maximum atomic E-state index is 12.6. The van der Waals surface area contributed by atoms with Gasteiger partial charge in [-0.15, -0.1) is 0 Å². The first kappa shape index (κ1) is 21.8. The van der Waals surface area contributed by atoms with Gasteiger partial charge in [0.25, 0.3) is 0 Å². The number of carbonyl (C=O) groups excluding carboxylic acids is 3. The molecule has 2 heterocycles.